The molecule has 0 aliphatic heterocycles. The minimum Gasteiger partial charge on any atom is -0.466 e. The summed E-state index contributed by atoms with van der Waals surface area (Å²) in [6.45, 7) is 7.57. The number of aliphatic hydroxyl groups is 1. The van der Waals surface area contributed by atoms with E-state index in [0.29, 0.717) is 12.5 Å². The van der Waals surface area contributed by atoms with Crippen LogP contribution in [0.25, 0.3) is 0 Å². The quantitative estimate of drug-likeness (QED) is 0.671. The number of esters is 1. The number of carbonyl (C=O) groups is 1. The summed E-state index contributed by atoms with van der Waals surface area (Å²) in [5.41, 5.74) is -0.582. The molecule has 3 heteroatoms. The number of rotatable bonds is 6. The largest absolute Gasteiger partial charge is 0.466 e. The van der Waals surface area contributed by atoms with E-state index in [9.17, 15) is 9.90 Å². The highest BCUT2D eigenvalue weighted by Gasteiger charge is 2.13. The standard InChI is InChI=1S/C11H22O3/c1-9(8-14-10(2)12)6-5-7-11(3,4)13/h9,13H,5-8H2,1-4H3. The van der Waals surface area contributed by atoms with Crippen LogP contribution in [0, 0.1) is 5.92 Å². The number of ether oxygens (including phenoxy) is 1. The third kappa shape index (κ3) is 9.52. The van der Waals surface area contributed by atoms with Crippen molar-refractivity contribution in [3.63, 3.8) is 0 Å². The lowest BCUT2D eigenvalue weighted by atomic mass is 9.97. The van der Waals surface area contributed by atoms with Crippen molar-refractivity contribution in [2.24, 2.45) is 5.92 Å². The van der Waals surface area contributed by atoms with Crippen LogP contribution in [0.4, 0.5) is 0 Å². The van der Waals surface area contributed by atoms with Crippen LogP contribution >= 0.6 is 0 Å². The highest BCUT2D eigenvalue weighted by atomic mass is 16.5. The third-order valence-corrected chi connectivity index (χ3v) is 2.06. The molecule has 0 radical (unpaired) electrons. The van der Waals surface area contributed by atoms with Crippen molar-refractivity contribution in [2.45, 2.75) is 52.6 Å². The molecule has 1 atom stereocenters. The van der Waals surface area contributed by atoms with Gasteiger partial charge in [-0.15, -0.1) is 0 Å². The first-order valence-corrected chi connectivity index (χ1v) is 5.17. The first-order valence-electron chi connectivity index (χ1n) is 5.17. The smallest absolute Gasteiger partial charge is 0.302 e. The molecule has 3 nitrogen and oxygen atoms in total. The molecule has 0 bridgehead atoms. The van der Waals surface area contributed by atoms with Gasteiger partial charge in [-0.2, -0.15) is 0 Å². The number of hydrogen-bond donors (Lipinski definition) is 1. The summed E-state index contributed by atoms with van der Waals surface area (Å²) in [7, 11) is 0. The molecule has 0 aromatic heterocycles. The van der Waals surface area contributed by atoms with E-state index in [2.05, 4.69) is 0 Å². The number of carbonyl (C=O) groups excluding carboxylic acids is 1. The summed E-state index contributed by atoms with van der Waals surface area (Å²) in [6.07, 6.45) is 2.74. The summed E-state index contributed by atoms with van der Waals surface area (Å²) in [6, 6.07) is 0. The van der Waals surface area contributed by atoms with Gasteiger partial charge in [-0.05, 0) is 32.6 Å². The van der Waals surface area contributed by atoms with Gasteiger partial charge in [0.25, 0.3) is 0 Å². The van der Waals surface area contributed by atoms with Crippen LogP contribution in [0.1, 0.15) is 47.0 Å². The molecule has 14 heavy (non-hydrogen) atoms. The van der Waals surface area contributed by atoms with Crippen LogP contribution in [0.3, 0.4) is 0 Å². The lowest BCUT2D eigenvalue weighted by Gasteiger charge is -2.18. The van der Waals surface area contributed by atoms with Gasteiger partial charge in [0, 0.05) is 6.92 Å². The van der Waals surface area contributed by atoms with E-state index < -0.39 is 5.60 Å². The maximum Gasteiger partial charge on any atom is 0.302 e. The molecule has 84 valence electrons. The Balaban J connectivity index is 3.45. The second kappa shape index (κ2) is 6.02. The maximum atomic E-state index is 10.5. The maximum absolute atomic E-state index is 10.5. The van der Waals surface area contributed by atoms with Crippen molar-refractivity contribution in [2.75, 3.05) is 6.61 Å². The summed E-state index contributed by atoms with van der Waals surface area (Å²) in [5.74, 6) is 0.153. The van der Waals surface area contributed by atoms with Gasteiger partial charge >= 0.3 is 5.97 Å². The molecule has 0 saturated heterocycles. The van der Waals surface area contributed by atoms with Crippen molar-refractivity contribution in [1.82, 2.24) is 0 Å². The zero-order valence-electron chi connectivity index (χ0n) is 9.67. The number of hydrogen-bond acceptors (Lipinski definition) is 3. The lowest BCUT2D eigenvalue weighted by molar-refractivity contribution is -0.142. The van der Waals surface area contributed by atoms with Gasteiger partial charge in [0.2, 0.25) is 0 Å². The minimum atomic E-state index is -0.582. The molecule has 1 unspecified atom stereocenters. The molecule has 0 heterocycles. The fourth-order valence-electron chi connectivity index (χ4n) is 1.23. The average molecular weight is 202 g/mol. The SMILES string of the molecule is CC(=O)OCC(C)CCCC(C)(C)O. The van der Waals surface area contributed by atoms with Crippen LogP contribution in [-0.4, -0.2) is 23.3 Å². The molecule has 0 fully saturated rings. The van der Waals surface area contributed by atoms with Crippen molar-refractivity contribution >= 4 is 5.97 Å². The van der Waals surface area contributed by atoms with E-state index >= 15 is 0 Å². The Labute approximate surface area is 86.5 Å². The molecule has 1 N–H and O–H groups in total. The molecule has 0 spiro atoms. The Bertz CT molecular complexity index is 170. The van der Waals surface area contributed by atoms with Crippen LogP contribution in [0.2, 0.25) is 0 Å². The predicted octanol–water partition coefficient (Wildman–Crippen LogP) is 2.13. The third-order valence-electron chi connectivity index (χ3n) is 2.06. The minimum absolute atomic E-state index is 0.223. The van der Waals surface area contributed by atoms with Gasteiger partial charge in [0.15, 0.2) is 0 Å². The Kier molecular flexibility index (Phi) is 5.77. The predicted molar refractivity (Wildman–Crippen MR) is 55.9 cm³/mol. The normalized spacial score (nSPS) is 13.8. The van der Waals surface area contributed by atoms with Gasteiger partial charge in [-0.3, -0.25) is 4.79 Å². The Hall–Kier alpha value is -0.570. The molecule has 0 aliphatic carbocycles. The fraction of sp³-hybridized carbons (Fsp3) is 0.909. The average Bonchev–Trinajstić information content (AvgIpc) is 1.98. The molecular formula is C11H22O3. The molecule has 0 rings (SSSR count). The first-order chi connectivity index (χ1) is 6.31. The summed E-state index contributed by atoms with van der Waals surface area (Å²) < 4.78 is 4.88. The monoisotopic (exact) mass is 202 g/mol. The van der Waals surface area contributed by atoms with Gasteiger partial charge in [-0.25, -0.2) is 0 Å². The van der Waals surface area contributed by atoms with Gasteiger partial charge in [0.05, 0.1) is 12.2 Å². The van der Waals surface area contributed by atoms with E-state index in [1.165, 1.54) is 6.92 Å². The van der Waals surface area contributed by atoms with Crippen LogP contribution in [0.5, 0.6) is 0 Å². The second-order valence-electron chi connectivity index (χ2n) is 4.61. The van der Waals surface area contributed by atoms with E-state index in [4.69, 9.17) is 4.74 Å². The molecule has 0 saturated carbocycles. The van der Waals surface area contributed by atoms with E-state index in [-0.39, 0.29) is 5.97 Å². The molecule has 0 aliphatic rings. The molecule has 0 amide bonds. The Morgan fingerprint density at radius 1 is 1.50 bits per heavy atom. The van der Waals surface area contributed by atoms with Crippen molar-refractivity contribution in [3.05, 3.63) is 0 Å². The van der Waals surface area contributed by atoms with Crippen LogP contribution in [-0.2, 0) is 9.53 Å². The summed E-state index contributed by atoms with van der Waals surface area (Å²) in [5, 5.41) is 9.46. The van der Waals surface area contributed by atoms with Gasteiger partial charge < -0.3 is 9.84 Å². The second-order valence-corrected chi connectivity index (χ2v) is 4.61. The van der Waals surface area contributed by atoms with Crippen molar-refractivity contribution < 1.29 is 14.6 Å². The Morgan fingerprint density at radius 2 is 2.07 bits per heavy atom. The van der Waals surface area contributed by atoms with E-state index in [1.54, 1.807) is 0 Å². The Morgan fingerprint density at radius 3 is 2.50 bits per heavy atom. The fourth-order valence-corrected chi connectivity index (χ4v) is 1.23. The van der Waals surface area contributed by atoms with Gasteiger partial charge in [-0.1, -0.05) is 13.3 Å². The summed E-state index contributed by atoms with van der Waals surface area (Å²) >= 11 is 0. The highest BCUT2D eigenvalue weighted by Crippen LogP contribution is 2.15. The highest BCUT2D eigenvalue weighted by molar-refractivity contribution is 5.65. The van der Waals surface area contributed by atoms with Crippen molar-refractivity contribution in [1.29, 1.82) is 0 Å². The summed E-state index contributed by atoms with van der Waals surface area (Å²) in [4.78, 5) is 10.5. The molecule has 0 aromatic carbocycles. The topological polar surface area (TPSA) is 46.5 Å². The zero-order chi connectivity index (χ0) is 11.2. The van der Waals surface area contributed by atoms with Gasteiger partial charge in [0.1, 0.15) is 0 Å². The zero-order valence-corrected chi connectivity index (χ0v) is 9.67. The molecular weight excluding hydrogens is 180 g/mol. The first kappa shape index (κ1) is 13.4. The molecule has 0 aromatic rings. The van der Waals surface area contributed by atoms with Crippen molar-refractivity contribution in [3.8, 4) is 0 Å². The van der Waals surface area contributed by atoms with E-state index in [1.807, 2.05) is 20.8 Å². The lowest BCUT2D eigenvalue weighted by Crippen LogP contribution is -2.18. The van der Waals surface area contributed by atoms with Crippen LogP contribution < -0.4 is 0 Å². The van der Waals surface area contributed by atoms with Crippen LogP contribution in [0.15, 0.2) is 0 Å². The van der Waals surface area contributed by atoms with E-state index in [0.717, 1.165) is 19.3 Å².